The van der Waals surface area contributed by atoms with E-state index in [1.165, 1.54) is 23.1 Å². The van der Waals surface area contributed by atoms with Gasteiger partial charge in [-0.05, 0) is 6.92 Å². The Morgan fingerprint density at radius 2 is 2.12 bits per heavy atom. The zero-order valence-electron chi connectivity index (χ0n) is 8.41. The maximum atomic E-state index is 10.8. The molecule has 0 aromatic carbocycles. The van der Waals surface area contributed by atoms with E-state index in [4.69, 9.17) is 10.2 Å². The topological polar surface area (TPSA) is 100 Å². The number of thioether (sulfide) groups is 1. The summed E-state index contributed by atoms with van der Waals surface area (Å²) in [6, 6.07) is 0. The Hall–Kier alpha value is -1.15. The zero-order valence-corrected chi connectivity index (χ0v) is 10.0. The summed E-state index contributed by atoms with van der Waals surface area (Å²) in [5, 5.41) is 25.7. The lowest BCUT2D eigenvalue weighted by molar-refractivity contribution is -0.147. The van der Waals surface area contributed by atoms with E-state index in [0.29, 0.717) is 4.34 Å². The number of rotatable bonds is 6. The van der Waals surface area contributed by atoms with Gasteiger partial charge < -0.3 is 10.2 Å². The van der Waals surface area contributed by atoms with Crippen LogP contribution in [0.5, 0.6) is 0 Å². The van der Waals surface area contributed by atoms with Gasteiger partial charge >= 0.3 is 11.9 Å². The molecule has 1 rings (SSSR count). The molecule has 1 unspecified atom stereocenters. The van der Waals surface area contributed by atoms with Gasteiger partial charge in [0.1, 0.15) is 5.01 Å². The molecule has 0 saturated heterocycles. The number of hydrogen-bond donors (Lipinski definition) is 2. The predicted octanol–water partition coefficient (Wildman–Crippen LogP) is 1.11. The third kappa shape index (κ3) is 4.15. The number of carbonyl (C=O) groups is 2. The summed E-state index contributed by atoms with van der Waals surface area (Å²) in [6.07, 6.45) is -0.375. The molecular weight excluding hydrogens is 252 g/mol. The number of carboxylic acid groups (broad SMARTS) is 2. The van der Waals surface area contributed by atoms with Crippen molar-refractivity contribution in [1.82, 2.24) is 10.2 Å². The highest BCUT2D eigenvalue weighted by Crippen LogP contribution is 2.25. The molecule has 0 aliphatic heterocycles. The molecule has 0 amide bonds. The van der Waals surface area contributed by atoms with Crippen LogP contribution in [0.25, 0.3) is 0 Å². The van der Waals surface area contributed by atoms with Crippen molar-refractivity contribution in [3.8, 4) is 0 Å². The summed E-state index contributed by atoms with van der Waals surface area (Å²) in [4.78, 5) is 21.2. The van der Waals surface area contributed by atoms with Crippen molar-refractivity contribution in [2.24, 2.45) is 5.92 Å². The first-order valence-corrected chi connectivity index (χ1v) is 6.16. The molecule has 1 atom stereocenters. The van der Waals surface area contributed by atoms with Gasteiger partial charge in [0, 0.05) is 5.75 Å². The van der Waals surface area contributed by atoms with Crippen LogP contribution in [0.2, 0.25) is 0 Å². The maximum Gasteiger partial charge on any atom is 0.307 e. The minimum Gasteiger partial charge on any atom is -0.481 e. The smallest absolute Gasteiger partial charge is 0.307 e. The maximum absolute atomic E-state index is 10.8. The van der Waals surface area contributed by atoms with Gasteiger partial charge in [0.2, 0.25) is 0 Å². The Morgan fingerprint density at radius 1 is 1.44 bits per heavy atom. The normalized spacial score (nSPS) is 12.3. The number of hydrogen-bond acceptors (Lipinski definition) is 6. The van der Waals surface area contributed by atoms with Crippen molar-refractivity contribution in [3.05, 3.63) is 5.01 Å². The van der Waals surface area contributed by atoms with E-state index in [0.717, 1.165) is 5.01 Å². The molecule has 0 fully saturated rings. The van der Waals surface area contributed by atoms with Crippen molar-refractivity contribution in [2.45, 2.75) is 17.7 Å². The van der Waals surface area contributed by atoms with Crippen molar-refractivity contribution < 1.29 is 19.8 Å². The molecule has 2 N–H and O–H groups in total. The Balaban J connectivity index is 2.50. The lowest BCUT2D eigenvalue weighted by atomic mass is 10.1. The lowest BCUT2D eigenvalue weighted by Crippen LogP contribution is -2.19. The Bertz CT molecular complexity index is 393. The van der Waals surface area contributed by atoms with Crippen LogP contribution in [0.15, 0.2) is 4.34 Å². The average Bonchev–Trinajstić information content (AvgIpc) is 2.58. The number of nitrogens with zero attached hydrogens (tertiary/aromatic N) is 2. The quantitative estimate of drug-likeness (QED) is 0.741. The minimum absolute atomic E-state index is 0.191. The van der Waals surface area contributed by atoms with E-state index < -0.39 is 17.9 Å². The van der Waals surface area contributed by atoms with Gasteiger partial charge in [-0.3, -0.25) is 9.59 Å². The van der Waals surface area contributed by atoms with Gasteiger partial charge in [-0.15, -0.1) is 10.2 Å². The molecule has 1 aromatic heterocycles. The van der Waals surface area contributed by atoms with E-state index in [2.05, 4.69) is 10.2 Å². The van der Waals surface area contributed by atoms with E-state index in [1.807, 2.05) is 0 Å². The van der Waals surface area contributed by atoms with Crippen molar-refractivity contribution in [2.75, 3.05) is 5.75 Å². The zero-order chi connectivity index (χ0) is 12.1. The summed E-state index contributed by atoms with van der Waals surface area (Å²) in [5.74, 6) is -2.92. The fourth-order valence-corrected chi connectivity index (χ4v) is 2.86. The minimum atomic E-state index is -1.11. The summed E-state index contributed by atoms with van der Waals surface area (Å²) >= 11 is 2.58. The molecule has 0 aliphatic rings. The highest BCUT2D eigenvalue weighted by molar-refractivity contribution is 8.01. The van der Waals surface area contributed by atoms with Crippen LogP contribution in [0.1, 0.15) is 11.4 Å². The highest BCUT2D eigenvalue weighted by atomic mass is 32.2. The van der Waals surface area contributed by atoms with E-state index in [1.54, 1.807) is 6.92 Å². The van der Waals surface area contributed by atoms with Crippen LogP contribution in [0.4, 0.5) is 0 Å². The number of aliphatic carboxylic acids is 2. The lowest BCUT2D eigenvalue weighted by Gasteiger charge is -2.06. The average molecular weight is 262 g/mol. The number of aromatic nitrogens is 2. The van der Waals surface area contributed by atoms with Crippen LogP contribution >= 0.6 is 23.1 Å². The summed E-state index contributed by atoms with van der Waals surface area (Å²) in [5.41, 5.74) is 0. The van der Waals surface area contributed by atoms with Gasteiger partial charge in [-0.2, -0.15) is 0 Å². The van der Waals surface area contributed by atoms with Gasteiger partial charge in [0.15, 0.2) is 4.34 Å². The second-order valence-electron chi connectivity index (χ2n) is 3.03. The van der Waals surface area contributed by atoms with E-state index in [9.17, 15) is 9.59 Å². The van der Waals surface area contributed by atoms with E-state index >= 15 is 0 Å². The molecule has 6 nitrogen and oxygen atoms in total. The summed E-state index contributed by atoms with van der Waals surface area (Å²) in [7, 11) is 0. The molecule has 88 valence electrons. The Labute approximate surface area is 99.7 Å². The molecule has 16 heavy (non-hydrogen) atoms. The third-order valence-electron chi connectivity index (χ3n) is 1.69. The number of carboxylic acids is 2. The monoisotopic (exact) mass is 262 g/mol. The molecule has 1 heterocycles. The SMILES string of the molecule is Cc1nnc(SCC(CC(=O)O)C(=O)O)s1. The molecule has 0 bridgehead atoms. The molecule has 0 saturated carbocycles. The standard InChI is InChI=1S/C8H10N2O4S2/c1-4-9-10-8(16-4)15-3-5(7(13)14)2-6(11)12/h5H,2-3H2,1H3,(H,11,12)(H,13,14). The first kappa shape index (κ1) is 12.9. The van der Waals surface area contributed by atoms with Crippen LogP contribution in [-0.4, -0.2) is 38.1 Å². The largest absolute Gasteiger partial charge is 0.481 e. The second kappa shape index (κ2) is 5.80. The van der Waals surface area contributed by atoms with Gasteiger partial charge in [0.05, 0.1) is 12.3 Å². The van der Waals surface area contributed by atoms with Crippen LogP contribution in [0, 0.1) is 12.8 Å². The molecule has 0 radical (unpaired) electrons. The van der Waals surface area contributed by atoms with Crippen LogP contribution in [0.3, 0.4) is 0 Å². The first-order chi connectivity index (χ1) is 7.49. The van der Waals surface area contributed by atoms with Crippen molar-refractivity contribution in [1.29, 1.82) is 0 Å². The van der Waals surface area contributed by atoms with Gasteiger partial charge in [-0.1, -0.05) is 23.1 Å². The fourth-order valence-electron chi connectivity index (χ4n) is 0.937. The number of aryl methyl sites for hydroxylation is 1. The molecule has 1 aromatic rings. The van der Waals surface area contributed by atoms with Crippen LogP contribution < -0.4 is 0 Å². The summed E-state index contributed by atoms with van der Waals surface area (Å²) in [6.45, 7) is 1.80. The fraction of sp³-hybridized carbons (Fsp3) is 0.500. The van der Waals surface area contributed by atoms with Crippen molar-refractivity contribution in [3.63, 3.8) is 0 Å². The third-order valence-corrected chi connectivity index (χ3v) is 3.82. The molecule has 8 heteroatoms. The Morgan fingerprint density at radius 3 is 2.56 bits per heavy atom. The second-order valence-corrected chi connectivity index (χ2v) is 5.48. The molecule has 0 aliphatic carbocycles. The summed E-state index contributed by atoms with van der Waals surface area (Å²) < 4.78 is 0.661. The van der Waals surface area contributed by atoms with Crippen LogP contribution in [-0.2, 0) is 9.59 Å². The van der Waals surface area contributed by atoms with Gasteiger partial charge in [-0.25, -0.2) is 0 Å². The first-order valence-electron chi connectivity index (χ1n) is 4.36. The molecular formula is C8H10N2O4S2. The Kier molecular flexibility index (Phi) is 4.69. The highest BCUT2D eigenvalue weighted by Gasteiger charge is 2.21. The predicted molar refractivity (Wildman–Crippen MR) is 58.7 cm³/mol. The molecule has 0 spiro atoms. The van der Waals surface area contributed by atoms with Crippen molar-refractivity contribution >= 4 is 35.0 Å². The van der Waals surface area contributed by atoms with E-state index in [-0.39, 0.29) is 12.2 Å². The van der Waals surface area contributed by atoms with Gasteiger partial charge in [0.25, 0.3) is 0 Å².